The van der Waals surface area contributed by atoms with E-state index in [1.54, 1.807) is 19.5 Å². The molecule has 2 heterocycles. The van der Waals surface area contributed by atoms with E-state index in [0.29, 0.717) is 31.6 Å². The van der Waals surface area contributed by atoms with Gasteiger partial charge in [0.15, 0.2) is 0 Å². The molecule has 33 heavy (non-hydrogen) atoms. The van der Waals surface area contributed by atoms with Gasteiger partial charge in [-0.05, 0) is 49.2 Å². The number of hydrogen-bond donors (Lipinski definition) is 1. The van der Waals surface area contributed by atoms with E-state index in [2.05, 4.69) is 20.2 Å². The summed E-state index contributed by atoms with van der Waals surface area (Å²) in [6.07, 6.45) is 2.83. The van der Waals surface area contributed by atoms with Crippen LogP contribution in [0.15, 0.2) is 54.9 Å². The highest BCUT2D eigenvalue weighted by molar-refractivity contribution is 6.32. The standard InChI is InChI=1S/C23H22ClN5O4/c1-33-18-5-2-15(3-6-18)20-13-22(26-14-25-20)28-10-8-16(9-11-28)23(30)27-17-4-7-19(24)21(12-17)29(31)32/h2-7,12-14,16H,8-11H2,1H3,(H,27,30). The Balaban J connectivity index is 1.38. The maximum atomic E-state index is 12.7. The Labute approximate surface area is 195 Å². The number of nitrogens with one attached hydrogen (secondary N) is 1. The van der Waals surface area contributed by atoms with Crippen LogP contribution in [0.5, 0.6) is 5.75 Å². The average molecular weight is 468 g/mol. The zero-order valence-corrected chi connectivity index (χ0v) is 18.7. The number of anilines is 2. The van der Waals surface area contributed by atoms with Gasteiger partial charge in [0.2, 0.25) is 5.91 Å². The van der Waals surface area contributed by atoms with E-state index >= 15 is 0 Å². The molecule has 2 aromatic carbocycles. The number of halogens is 1. The number of ether oxygens (including phenoxy) is 1. The summed E-state index contributed by atoms with van der Waals surface area (Å²) in [7, 11) is 1.63. The van der Waals surface area contributed by atoms with Crippen molar-refractivity contribution in [2.24, 2.45) is 5.92 Å². The number of aromatic nitrogens is 2. The summed E-state index contributed by atoms with van der Waals surface area (Å²) in [5.74, 6) is 1.23. The topological polar surface area (TPSA) is 110 Å². The Kier molecular flexibility index (Phi) is 6.69. The van der Waals surface area contributed by atoms with Crippen LogP contribution in [0, 0.1) is 16.0 Å². The summed E-state index contributed by atoms with van der Waals surface area (Å²) in [4.78, 5) is 34.1. The van der Waals surface area contributed by atoms with E-state index in [0.717, 1.165) is 22.8 Å². The number of carbonyl (C=O) groups excluding carboxylic acids is 1. The SMILES string of the molecule is COc1ccc(-c2cc(N3CCC(C(=O)Nc4ccc(Cl)c([N+](=O)[O-])c4)CC3)ncn2)cc1. The molecule has 1 saturated heterocycles. The molecule has 170 valence electrons. The minimum absolute atomic E-state index is 0.0326. The minimum Gasteiger partial charge on any atom is -0.497 e. The molecular formula is C23H22ClN5O4. The largest absolute Gasteiger partial charge is 0.497 e. The molecule has 0 atom stereocenters. The predicted octanol–water partition coefficient (Wildman–Crippen LogP) is 4.57. The van der Waals surface area contributed by atoms with Gasteiger partial charge in [-0.25, -0.2) is 9.97 Å². The molecule has 0 bridgehead atoms. The fourth-order valence-electron chi connectivity index (χ4n) is 3.79. The molecule has 1 amide bonds. The Morgan fingerprint density at radius 2 is 1.88 bits per heavy atom. The second-order valence-corrected chi connectivity index (χ2v) is 8.07. The molecule has 1 aliphatic heterocycles. The fourth-order valence-corrected chi connectivity index (χ4v) is 3.97. The Hall–Kier alpha value is -3.72. The van der Waals surface area contributed by atoms with Gasteiger partial charge in [-0.15, -0.1) is 0 Å². The fraction of sp³-hybridized carbons (Fsp3) is 0.261. The summed E-state index contributed by atoms with van der Waals surface area (Å²) >= 11 is 5.84. The maximum absolute atomic E-state index is 12.7. The third-order valence-electron chi connectivity index (χ3n) is 5.64. The van der Waals surface area contributed by atoms with Gasteiger partial charge in [0.05, 0.1) is 17.7 Å². The molecule has 0 radical (unpaired) electrons. The van der Waals surface area contributed by atoms with Crippen LogP contribution in [0.2, 0.25) is 5.02 Å². The van der Waals surface area contributed by atoms with Crippen LogP contribution in [-0.2, 0) is 4.79 Å². The summed E-state index contributed by atoms with van der Waals surface area (Å²) in [6, 6.07) is 13.8. The zero-order chi connectivity index (χ0) is 23.4. The van der Waals surface area contributed by atoms with Gasteiger partial charge >= 0.3 is 0 Å². The summed E-state index contributed by atoms with van der Waals surface area (Å²) in [5, 5.41) is 13.9. The number of benzene rings is 2. The van der Waals surface area contributed by atoms with Gasteiger partial charge in [0.1, 0.15) is 22.9 Å². The molecule has 4 rings (SSSR count). The number of nitro groups is 1. The maximum Gasteiger partial charge on any atom is 0.289 e. The molecule has 0 saturated carbocycles. The first-order valence-corrected chi connectivity index (χ1v) is 10.8. The summed E-state index contributed by atoms with van der Waals surface area (Å²) in [5.41, 5.74) is 1.90. The van der Waals surface area contributed by atoms with E-state index in [1.165, 1.54) is 12.1 Å². The van der Waals surface area contributed by atoms with Gasteiger partial charge < -0.3 is 15.0 Å². The lowest BCUT2D eigenvalue weighted by molar-refractivity contribution is -0.384. The van der Waals surface area contributed by atoms with Crippen molar-refractivity contribution < 1.29 is 14.5 Å². The molecule has 0 unspecified atom stereocenters. The lowest BCUT2D eigenvalue weighted by Crippen LogP contribution is -2.38. The van der Waals surface area contributed by atoms with Gasteiger partial charge in [-0.2, -0.15) is 0 Å². The Morgan fingerprint density at radius 1 is 1.15 bits per heavy atom. The van der Waals surface area contributed by atoms with Gasteiger partial charge in [-0.1, -0.05) is 11.6 Å². The third kappa shape index (κ3) is 5.20. The number of methoxy groups -OCH3 is 1. The molecule has 1 fully saturated rings. The van der Waals surface area contributed by atoms with Crippen molar-refractivity contribution in [3.8, 4) is 17.0 Å². The second kappa shape index (κ2) is 9.83. The van der Waals surface area contributed by atoms with Crippen molar-refractivity contribution >= 4 is 34.7 Å². The van der Waals surface area contributed by atoms with E-state index in [-0.39, 0.29) is 22.5 Å². The lowest BCUT2D eigenvalue weighted by Gasteiger charge is -2.32. The molecule has 9 nitrogen and oxygen atoms in total. The second-order valence-electron chi connectivity index (χ2n) is 7.66. The predicted molar refractivity (Wildman–Crippen MR) is 126 cm³/mol. The number of piperidine rings is 1. The highest BCUT2D eigenvalue weighted by Crippen LogP contribution is 2.29. The number of nitrogens with zero attached hydrogens (tertiary/aromatic N) is 4. The first-order valence-electron chi connectivity index (χ1n) is 10.4. The first kappa shape index (κ1) is 22.5. The molecule has 10 heteroatoms. The van der Waals surface area contributed by atoms with Crippen LogP contribution in [0.25, 0.3) is 11.3 Å². The summed E-state index contributed by atoms with van der Waals surface area (Å²) < 4.78 is 5.20. The number of amides is 1. The van der Waals surface area contributed by atoms with Crippen LogP contribution in [0.1, 0.15) is 12.8 Å². The van der Waals surface area contributed by atoms with Crippen molar-refractivity contribution in [3.63, 3.8) is 0 Å². The smallest absolute Gasteiger partial charge is 0.289 e. The van der Waals surface area contributed by atoms with Crippen molar-refractivity contribution in [1.29, 1.82) is 0 Å². The van der Waals surface area contributed by atoms with Crippen molar-refractivity contribution in [2.75, 3.05) is 30.4 Å². The van der Waals surface area contributed by atoms with Crippen LogP contribution in [0.3, 0.4) is 0 Å². The molecule has 0 spiro atoms. The van der Waals surface area contributed by atoms with Crippen LogP contribution in [0.4, 0.5) is 17.2 Å². The number of hydrogen-bond acceptors (Lipinski definition) is 7. The molecule has 3 aromatic rings. The summed E-state index contributed by atoms with van der Waals surface area (Å²) in [6.45, 7) is 1.33. The molecule has 1 aromatic heterocycles. The normalized spacial score (nSPS) is 14.1. The number of nitro benzene ring substituents is 1. The third-order valence-corrected chi connectivity index (χ3v) is 5.96. The number of carbonyl (C=O) groups is 1. The van der Waals surface area contributed by atoms with E-state index in [9.17, 15) is 14.9 Å². The highest BCUT2D eigenvalue weighted by atomic mass is 35.5. The molecule has 0 aliphatic carbocycles. The van der Waals surface area contributed by atoms with Crippen LogP contribution < -0.4 is 15.0 Å². The quantitative estimate of drug-likeness (QED) is 0.417. The molecular weight excluding hydrogens is 446 g/mol. The highest BCUT2D eigenvalue weighted by Gasteiger charge is 2.26. The van der Waals surface area contributed by atoms with E-state index in [4.69, 9.17) is 16.3 Å². The molecule has 1 aliphatic rings. The lowest BCUT2D eigenvalue weighted by atomic mass is 9.95. The van der Waals surface area contributed by atoms with E-state index in [1.807, 2.05) is 30.3 Å². The van der Waals surface area contributed by atoms with Gasteiger partial charge in [0.25, 0.3) is 5.69 Å². The van der Waals surface area contributed by atoms with Crippen molar-refractivity contribution in [3.05, 3.63) is 70.0 Å². The monoisotopic (exact) mass is 467 g/mol. The van der Waals surface area contributed by atoms with Gasteiger partial charge in [0, 0.05) is 42.4 Å². The van der Waals surface area contributed by atoms with Crippen LogP contribution >= 0.6 is 11.6 Å². The van der Waals surface area contributed by atoms with E-state index < -0.39 is 4.92 Å². The van der Waals surface area contributed by atoms with Gasteiger partial charge in [-0.3, -0.25) is 14.9 Å². The average Bonchev–Trinajstić information content (AvgIpc) is 2.85. The van der Waals surface area contributed by atoms with Crippen LogP contribution in [-0.4, -0.2) is 41.0 Å². The number of rotatable bonds is 6. The Morgan fingerprint density at radius 3 is 2.55 bits per heavy atom. The molecule has 1 N–H and O–H groups in total. The van der Waals surface area contributed by atoms with Crippen molar-refractivity contribution in [1.82, 2.24) is 9.97 Å². The zero-order valence-electron chi connectivity index (χ0n) is 17.9. The Bertz CT molecular complexity index is 1160. The minimum atomic E-state index is -0.571. The van der Waals surface area contributed by atoms with Crippen molar-refractivity contribution in [2.45, 2.75) is 12.8 Å². The first-order chi connectivity index (χ1) is 15.9.